The molecule has 2 aromatic rings. The molecule has 1 amide bonds. The van der Waals surface area contributed by atoms with Crippen LogP contribution < -0.4 is 15.0 Å². The summed E-state index contributed by atoms with van der Waals surface area (Å²) in [5.41, 5.74) is 2.66. The van der Waals surface area contributed by atoms with Crippen molar-refractivity contribution in [2.75, 3.05) is 25.1 Å². The zero-order valence-corrected chi connectivity index (χ0v) is 16.0. The fourth-order valence-electron chi connectivity index (χ4n) is 3.75. The predicted octanol–water partition coefficient (Wildman–Crippen LogP) is 3.02. The van der Waals surface area contributed by atoms with Gasteiger partial charge in [-0.3, -0.25) is 9.78 Å². The van der Waals surface area contributed by atoms with Crippen LogP contribution in [0, 0.1) is 11.8 Å². The van der Waals surface area contributed by atoms with Crippen LogP contribution in [-0.4, -0.2) is 42.1 Å². The smallest absolute Gasteiger partial charge is 0.220 e. The van der Waals surface area contributed by atoms with Gasteiger partial charge in [-0.05, 0) is 30.4 Å². The van der Waals surface area contributed by atoms with Crippen molar-refractivity contribution in [2.45, 2.75) is 39.7 Å². The summed E-state index contributed by atoms with van der Waals surface area (Å²) in [6.07, 6.45) is 4.96. The fourth-order valence-corrected chi connectivity index (χ4v) is 3.75. The first-order chi connectivity index (χ1) is 12.5. The van der Waals surface area contributed by atoms with Crippen molar-refractivity contribution in [3.05, 3.63) is 24.5 Å². The molecule has 0 saturated carbocycles. The van der Waals surface area contributed by atoms with E-state index in [0.717, 1.165) is 42.0 Å². The van der Waals surface area contributed by atoms with Gasteiger partial charge in [0.25, 0.3) is 0 Å². The minimum atomic E-state index is 0.137. The average molecular weight is 356 g/mol. The molecule has 3 rings (SSSR count). The molecule has 2 atom stereocenters. The van der Waals surface area contributed by atoms with E-state index < -0.39 is 0 Å². The zero-order chi connectivity index (χ0) is 18.7. The quantitative estimate of drug-likeness (QED) is 0.892. The Morgan fingerprint density at radius 3 is 2.69 bits per heavy atom. The van der Waals surface area contributed by atoms with Crippen LogP contribution >= 0.6 is 0 Å². The summed E-state index contributed by atoms with van der Waals surface area (Å²) in [6.45, 7) is 8.08. The number of piperidine rings is 1. The lowest BCUT2D eigenvalue weighted by Gasteiger charge is -2.38. The number of nitrogens with zero attached hydrogens (tertiary/aromatic N) is 3. The molecule has 1 aliphatic rings. The van der Waals surface area contributed by atoms with Gasteiger partial charge in [-0.1, -0.05) is 20.8 Å². The minimum absolute atomic E-state index is 0.137. The first-order valence-electron chi connectivity index (χ1n) is 9.30. The highest BCUT2D eigenvalue weighted by molar-refractivity contribution is 5.92. The second kappa shape index (κ2) is 7.89. The molecule has 1 aromatic heterocycles. The van der Waals surface area contributed by atoms with Crippen LogP contribution in [0.1, 0.15) is 33.6 Å². The van der Waals surface area contributed by atoms with Crippen LogP contribution in [0.15, 0.2) is 24.5 Å². The molecule has 140 valence electrons. The molecule has 0 bridgehead atoms. The largest absolute Gasteiger partial charge is 0.494 e. The molecule has 0 aliphatic carbocycles. The van der Waals surface area contributed by atoms with Gasteiger partial charge in [0.1, 0.15) is 16.8 Å². The van der Waals surface area contributed by atoms with E-state index in [9.17, 15) is 4.79 Å². The molecule has 6 nitrogen and oxygen atoms in total. The number of rotatable bonds is 5. The number of hydrogen-bond acceptors (Lipinski definition) is 5. The number of carbonyl (C=O) groups excluding carboxylic acids is 1. The van der Waals surface area contributed by atoms with Crippen LogP contribution in [0.3, 0.4) is 0 Å². The van der Waals surface area contributed by atoms with E-state index >= 15 is 0 Å². The Bertz CT molecular complexity index is 777. The number of ether oxygens (including phenoxy) is 1. The lowest BCUT2D eigenvalue weighted by atomic mass is 9.94. The molecule has 1 N–H and O–H groups in total. The number of nitrogens with one attached hydrogen (secondary N) is 1. The van der Waals surface area contributed by atoms with Gasteiger partial charge in [-0.25, -0.2) is 4.98 Å². The third-order valence-electron chi connectivity index (χ3n) is 4.75. The van der Waals surface area contributed by atoms with Gasteiger partial charge in [0.05, 0.1) is 12.8 Å². The van der Waals surface area contributed by atoms with E-state index in [1.807, 2.05) is 12.1 Å². The lowest BCUT2D eigenvalue weighted by molar-refractivity contribution is -0.122. The van der Waals surface area contributed by atoms with Gasteiger partial charge in [0.15, 0.2) is 0 Å². The molecule has 0 radical (unpaired) electrons. The SMILES string of the molecule is COc1ccc(N2CC(C)CC(NC(=O)CC(C)C)C2)c2nccnc12. The van der Waals surface area contributed by atoms with E-state index in [1.54, 1.807) is 19.5 Å². The summed E-state index contributed by atoms with van der Waals surface area (Å²) < 4.78 is 5.42. The fraction of sp³-hybridized carbons (Fsp3) is 0.550. The third kappa shape index (κ3) is 4.06. The predicted molar refractivity (Wildman–Crippen MR) is 103 cm³/mol. The molecule has 1 aromatic carbocycles. The highest BCUT2D eigenvalue weighted by Gasteiger charge is 2.27. The number of benzene rings is 1. The molecule has 2 unspecified atom stereocenters. The van der Waals surface area contributed by atoms with Crippen molar-refractivity contribution in [3.8, 4) is 5.75 Å². The van der Waals surface area contributed by atoms with Crippen molar-refractivity contribution >= 4 is 22.6 Å². The zero-order valence-electron chi connectivity index (χ0n) is 16.0. The molecule has 1 saturated heterocycles. The highest BCUT2D eigenvalue weighted by Crippen LogP contribution is 2.33. The Morgan fingerprint density at radius 2 is 2.00 bits per heavy atom. The van der Waals surface area contributed by atoms with Crippen LogP contribution in [0.5, 0.6) is 5.75 Å². The van der Waals surface area contributed by atoms with Gasteiger partial charge in [0.2, 0.25) is 5.91 Å². The van der Waals surface area contributed by atoms with Gasteiger partial charge in [-0.2, -0.15) is 0 Å². The topological polar surface area (TPSA) is 67.3 Å². The maximum atomic E-state index is 12.2. The number of aromatic nitrogens is 2. The number of methoxy groups -OCH3 is 1. The number of anilines is 1. The second-order valence-corrected chi connectivity index (χ2v) is 7.65. The van der Waals surface area contributed by atoms with Crippen molar-refractivity contribution in [1.29, 1.82) is 0 Å². The summed E-state index contributed by atoms with van der Waals surface area (Å²) in [5.74, 6) is 1.72. The number of amides is 1. The lowest BCUT2D eigenvalue weighted by Crippen LogP contribution is -2.50. The maximum Gasteiger partial charge on any atom is 0.220 e. The van der Waals surface area contributed by atoms with Crippen molar-refractivity contribution in [3.63, 3.8) is 0 Å². The number of carbonyl (C=O) groups is 1. The molecule has 6 heteroatoms. The molecule has 1 fully saturated rings. The van der Waals surface area contributed by atoms with Gasteiger partial charge in [-0.15, -0.1) is 0 Å². The highest BCUT2D eigenvalue weighted by atomic mass is 16.5. The van der Waals surface area contributed by atoms with Crippen LogP contribution in [0.2, 0.25) is 0 Å². The third-order valence-corrected chi connectivity index (χ3v) is 4.75. The molecular weight excluding hydrogens is 328 g/mol. The van der Waals surface area contributed by atoms with Crippen molar-refractivity contribution in [1.82, 2.24) is 15.3 Å². The summed E-state index contributed by atoms with van der Waals surface area (Å²) in [5, 5.41) is 3.21. The van der Waals surface area contributed by atoms with Crippen LogP contribution in [0.4, 0.5) is 5.69 Å². The summed E-state index contributed by atoms with van der Waals surface area (Å²) in [4.78, 5) is 23.5. The molecular formula is C20H28N4O2. The summed E-state index contributed by atoms with van der Waals surface area (Å²) in [6, 6.07) is 4.14. The average Bonchev–Trinajstić information content (AvgIpc) is 2.59. The van der Waals surface area contributed by atoms with Gasteiger partial charge < -0.3 is 15.0 Å². The van der Waals surface area contributed by atoms with Crippen LogP contribution in [0.25, 0.3) is 11.0 Å². The van der Waals surface area contributed by atoms with Gasteiger partial charge >= 0.3 is 0 Å². The number of hydrogen-bond donors (Lipinski definition) is 1. The first-order valence-corrected chi connectivity index (χ1v) is 9.30. The Hall–Kier alpha value is -2.37. The Labute approximate surface area is 155 Å². The second-order valence-electron chi connectivity index (χ2n) is 7.65. The van der Waals surface area contributed by atoms with Crippen molar-refractivity contribution < 1.29 is 9.53 Å². The van der Waals surface area contributed by atoms with Crippen molar-refractivity contribution in [2.24, 2.45) is 11.8 Å². The standard InChI is InChI=1S/C20H28N4O2/c1-13(2)9-18(25)23-15-10-14(3)11-24(12-15)16-5-6-17(26-4)20-19(16)21-7-8-22-20/h5-8,13-15H,9-12H2,1-4H3,(H,23,25). The minimum Gasteiger partial charge on any atom is -0.494 e. The van der Waals surface area contributed by atoms with E-state index in [0.29, 0.717) is 18.3 Å². The van der Waals surface area contributed by atoms with E-state index in [1.165, 1.54) is 0 Å². The summed E-state index contributed by atoms with van der Waals surface area (Å²) >= 11 is 0. The Kier molecular flexibility index (Phi) is 5.59. The Morgan fingerprint density at radius 1 is 1.27 bits per heavy atom. The van der Waals surface area contributed by atoms with E-state index in [2.05, 4.69) is 41.0 Å². The van der Waals surface area contributed by atoms with E-state index in [-0.39, 0.29) is 11.9 Å². The monoisotopic (exact) mass is 356 g/mol. The summed E-state index contributed by atoms with van der Waals surface area (Å²) in [7, 11) is 1.65. The normalized spacial score (nSPS) is 20.4. The number of fused-ring (bicyclic) bond motifs is 1. The van der Waals surface area contributed by atoms with Gasteiger partial charge in [0, 0.05) is 37.9 Å². The van der Waals surface area contributed by atoms with E-state index in [4.69, 9.17) is 4.74 Å². The Balaban J connectivity index is 1.84. The molecule has 2 heterocycles. The molecule has 26 heavy (non-hydrogen) atoms. The first kappa shape index (κ1) is 18.4. The van der Waals surface area contributed by atoms with Crippen LogP contribution in [-0.2, 0) is 4.79 Å². The maximum absolute atomic E-state index is 12.2. The molecule has 0 spiro atoms. The molecule has 1 aliphatic heterocycles.